The van der Waals surface area contributed by atoms with Gasteiger partial charge in [-0.2, -0.15) is 0 Å². The van der Waals surface area contributed by atoms with E-state index < -0.39 is 0 Å². The molecular weight excluding hydrogens is 174 g/mol. The number of likely N-dealkylation sites (tertiary alicyclic amines) is 1. The fraction of sp³-hybridized carbons (Fsp3) is 0.917. The van der Waals surface area contributed by atoms with Gasteiger partial charge in [0.2, 0.25) is 5.91 Å². The average Bonchev–Trinajstić information content (AvgIpc) is 2.43. The maximum atomic E-state index is 12.2. The molecule has 3 unspecified atom stereocenters. The van der Waals surface area contributed by atoms with Crippen LogP contribution >= 0.6 is 0 Å². The molecule has 80 valence electrons. The fourth-order valence-electron chi connectivity index (χ4n) is 3.44. The molecule has 0 bridgehead atoms. The molecule has 0 radical (unpaired) electrons. The smallest absolute Gasteiger partial charge is 0.228 e. The van der Waals surface area contributed by atoms with Crippen molar-refractivity contribution < 1.29 is 4.79 Å². The van der Waals surface area contributed by atoms with Gasteiger partial charge in [0.25, 0.3) is 0 Å². The molecule has 1 saturated carbocycles. The molecule has 0 aromatic heterocycles. The van der Waals surface area contributed by atoms with Gasteiger partial charge in [-0.1, -0.05) is 26.7 Å². The van der Waals surface area contributed by atoms with E-state index in [1.54, 1.807) is 0 Å². The molecule has 14 heavy (non-hydrogen) atoms. The second-order valence-corrected chi connectivity index (χ2v) is 5.15. The third-order valence-corrected chi connectivity index (χ3v) is 4.59. The van der Waals surface area contributed by atoms with Gasteiger partial charge in [0.05, 0.1) is 5.41 Å². The van der Waals surface area contributed by atoms with Crippen molar-refractivity contribution in [2.45, 2.75) is 52.0 Å². The Kier molecular flexibility index (Phi) is 2.32. The number of hydrogen-bond acceptors (Lipinski definition) is 1. The first-order chi connectivity index (χ1) is 6.61. The number of carbonyl (C=O) groups is 1. The van der Waals surface area contributed by atoms with Gasteiger partial charge in [-0.15, -0.1) is 0 Å². The molecule has 0 spiro atoms. The van der Waals surface area contributed by atoms with Gasteiger partial charge in [-0.25, -0.2) is 0 Å². The zero-order chi connectivity index (χ0) is 10.3. The van der Waals surface area contributed by atoms with Crippen LogP contribution in [0.4, 0.5) is 0 Å². The van der Waals surface area contributed by atoms with E-state index in [-0.39, 0.29) is 5.41 Å². The van der Waals surface area contributed by atoms with E-state index >= 15 is 0 Å². The Morgan fingerprint density at radius 2 is 2.07 bits per heavy atom. The summed E-state index contributed by atoms with van der Waals surface area (Å²) in [6.45, 7) is 4.32. The summed E-state index contributed by atoms with van der Waals surface area (Å²) in [5, 5.41) is 0. The van der Waals surface area contributed by atoms with Crippen molar-refractivity contribution >= 4 is 5.91 Å². The summed E-state index contributed by atoms with van der Waals surface area (Å²) >= 11 is 0. The molecule has 2 heteroatoms. The molecule has 0 aromatic rings. The first-order valence-corrected chi connectivity index (χ1v) is 5.88. The van der Waals surface area contributed by atoms with Crippen LogP contribution in [0.25, 0.3) is 0 Å². The lowest BCUT2D eigenvalue weighted by molar-refractivity contribution is -0.135. The van der Waals surface area contributed by atoms with Crippen LogP contribution in [-0.2, 0) is 4.79 Å². The quantitative estimate of drug-likeness (QED) is 0.629. The third kappa shape index (κ3) is 1.12. The molecule has 1 aliphatic heterocycles. The van der Waals surface area contributed by atoms with Gasteiger partial charge in [0.15, 0.2) is 0 Å². The molecule has 1 saturated heterocycles. The van der Waals surface area contributed by atoms with Crippen molar-refractivity contribution in [3.63, 3.8) is 0 Å². The zero-order valence-corrected chi connectivity index (χ0v) is 9.55. The molecule has 1 heterocycles. The number of amides is 1. The van der Waals surface area contributed by atoms with Crippen molar-refractivity contribution in [2.24, 2.45) is 11.3 Å². The molecule has 0 N–H and O–H groups in total. The van der Waals surface area contributed by atoms with Crippen LogP contribution < -0.4 is 0 Å². The van der Waals surface area contributed by atoms with Crippen molar-refractivity contribution in [2.75, 3.05) is 7.05 Å². The second kappa shape index (κ2) is 3.25. The van der Waals surface area contributed by atoms with Crippen LogP contribution in [0.2, 0.25) is 0 Å². The minimum atomic E-state index is -0.0557. The summed E-state index contributed by atoms with van der Waals surface area (Å²) in [6, 6.07) is 0.543. The Hall–Kier alpha value is -0.530. The van der Waals surface area contributed by atoms with Crippen LogP contribution in [0, 0.1) is 11.3 Å². The molecule has 1 aliphatic carbocycles. The van der Waals surface area contributed by atoms with E-state index in [1.807, 2.05) is 11.9 Å². The maximum absolute atomic E-state index is 12.2. The van der Waals surface area contributed by atoms with Gasteiger partial charge in [0, 0.05) is 13.1 Å². The number of fused-ring (bicyclic) bond motifs is 1. The van der Waals surface area contributed by atoms with Crippen LogP contribution in [-0.4, -0.2) is 23.9 Å². The van der Waals surface area contributed by atoms with E-state index in [4.69, 9.17) is 0 Å². The van der Waals surface area contributed by atoms with Crippen molar-refractivity contribution in [3.8, 4) is 0 Å². The van der Waals surface area contributed by atoms with Crippen LogP contribution in [0.15, 0.2) is 0 Å². The fourth-order valence-corrected chi connectivity index (χ4v) is 3.44. The summed E-state index contributed by atoms with van der Waals surface area (Å²) in [5.74, 6) is 1.01. The topological polar surface area (TPSA) is 20.3 Å². The highest BCUT2D eigenvalue weighted by Crippen LogP contribution is 2.49. The molecule has 2 nitrogen and oxygen atoms in total. The Balaban J connectivity index is 2.31. The molecule has 2 aliphatic rings. The highest BCUT2D eigenvalue weighted by molar-refractivity contribution is 5.85. The molecular formula is C12H21NO. The lowest BCUT2D eigenvalue weighted by atomic mass is 9.69. The average molecular weight is 195 g/mol. The first-order valence-electron chi connectivity index (χ1n) is 5.88. The summed E-state index contributed by atoms with van der Waals surface area (Å²) in [7, 11) is 1.99. The summed E-state index contributed by atoms with van der Waals surface area (Å²) in [6.07, 6.45) is 6.10. The molecule has 0 aromatic carbocycles. The Morgan fingerprint density at radius 1 is 1.43 bits per heavy atom. The predicted molar refractivity (Wildman–Crippen MR) is 56.9 cm³/mol. The Morgan fingerprint density at radius 3 is 2.71 bits per heavy atom. The lowest BCUT2D eigenvalue weighted by Crippen LogP contribution is -2.33. The van der Waals surface area contributed by atoms with Crippen molar-refractivity contribution in [1.82, 2.24) is 4.90 Å². The predicted octanol–water partition coefficient (Wildman–Crippen LogP) is 2.43. The number of nitrogens with zero attached hydrogens (tertiary/aromatic N) is 1. The van der Waals surface area contributed by atoms with Gasteiger partial charge < -0.3 is 4.90 Å². The molecule has 2 rings (SSSR count). The highest BCUT2D eigenvalue weighted by Gasteiger charge is 2.53. The SMILES string of the molecule is CCC1(C)C(=O)N(C)C2CCCCC21. The van der Waals surface area contributed by atoms with Gasteiger partial charge in [0.1, 0.15) is 0 Å². The maximum Gasteiger partial charge on any atom is 0.228 e. The Labute approximate surface area is 86.7 Å². The Bertz CT molecular complexity index is 251. The monoisotopic (exact) mass is 195 g/mol. The van der Waals surface area contributed by atoms with E-state index in [0.29, 0.717) is 17.9 Å². The summed E-state index contributed by atoms with van der Waals surface area (Å²) < 4.78 is 0. The summed E-state index contributed by atoms with van der Waals surface area (Å²) in [5.41, 5.74) is -0.0557. The molecule has 3 atom stereocenters. The van der Waals surface area contributed by atoms with Crippen LogP contribution in [0.3, 0.4) is 0 Å². The van der Waals surface area contributed by atoms with Crippen molar-refractivity contribution in [1.29, 1.82) is 0 Å². The van der Waals surface area contributed by atoms with E-state index in [2.05, 4.69) is 13.8 Å². The minimum absolute atomic E-state index is 0.0557. The number of carbonyl (C=O) groups excluding carboxylic acids is 1. The second-order valence-electron chi connectivity index (χ2n) is 5.15. The van der Waals surface area contributed by atoms with Crippen LogP contribution in [0.5, 0.6) is 0 Å². The van der Waals surface area contributed by atoms with E-state index in [0.717, 1.165) is 6.42 Å². The first kappa shape index (κ1) is 10.0. The van der Waals surface area contributed by atoms with E-state index in [9.17, 15) is 4.79 Å². The zero-order valence-electron chi connectivity index (χ0n) is 9.55. The largest absolute Gasteiger partial charge is 0.342 e. The minimum Gasteiger partial charge on any atom is -0.342 e. The third-order valence-electron chi connectivity index (χ3n) is 4.59. The van der Waals surface area contributed by atoms with Gasteiger partial charge in [-0.3, -0.25) is 4.79 Å². The van der Waals surface area contributed by atoms with Crippen molar-refractivity contribution in [3.05, 3.63) is 0 Å². The van der Waals surface area contributed by atoms with Gasteiger partial charge >= 0.3 is 0 Å². The normalized spacial score (nSPS) is 42.8. The van der Waals surface area contributed by atoms with Gasteiger partial charge in [-0.05, 0) is 25.2 Å². The van der Waals surface area contributed by atoms with Crippen LogP contribution in [0.1, 0.15) is 46.0 Å². The highest BCUT2D eigenvalue weighted by atomic mass is 16.2. The number of hydrogen-bond donors (Lipinski definition) is 0. The molecule has 2 fully saturated rings. The number of rotatable bonds is 1. The standard InChI is InChI=1S/C12H21NO/c1-4-12(2)9-7-5-6-8-10(9)13(3)11(12)14/h9-10H,4-8H2,1-3H3. The van der Waals surface area contributed by atoms with E-state index in [1.165, 1.54) is 25.7 Å². The lowest BCUT2D eigenvalue weighted by Gasteiger charge is -2.33. The summed E-state index contributed by atoms with van der Waals surface area (Å²) in [4.78, 5) is 14.2. The molecule has 1 amide bonds.